The largest absolute Gasteiger partial charge is 0.385 e. The normalized spacial score (nSPS) is 29.9. The van der Waals surface area contributed by atoms with Gasteiger partial charge in [0.2, 0.25) is 0 Å². The van der Waals surface area contributed by atoms with Gasteiger partial charge in [0.25, 0.3) is 0 Å². The number of aliphatic hydroxyl groups is 1. The number of ketones is 1. The third-order valence-electron chi connectivity index (χ3n) is 1.77. The zero-order valence-electron chi connectivity index (χ0n) is 5.47. The van der Waals surface area contributed by atoms with Gasteiger partial charge in [0.1, 0.15) is 6.10 Å². The van der Waals surface area contributed by atoms with Crippen molar-refractivity contribution in [2.75, 3.05) is 0 Å². The predicted molar refractivity (Wildman–Crippen MR) is 34.1 cm³/mol. The highest BCUT2D eigenvalue weighted by Gasteiger charge is 2.16. The van der Waals surface area contributed by atoms with E-state index in [1.807, 2.05) is 0 Å². The average Bonchev–Trinajstić information content (AvgIpc) is 1.99. The van der Waals surface area contributed by atoms with E-state index in [1.165, 1.54) is 0 Å². The van der Waals surface area contributed by atoms with E-state index in [0.29, 0.717) is 12.8 Å². The van der Waals surface area contributed by atoms with E-state index < -0.39 is 6.10 Å². The monoisotopic (exact) mass is 128 g/mol. The van der Waals surface area contributed by atoms with E-state index in [1.54, 1.807) is 0 Å². The summed E-state index contributed by atoms with van der Waals surface area (Å²) < 4.78 is 0. The smallest absolute Gasteiger partial charge is 0.161 e. The number of Topliss-reactive ketones (excluding diaryl/α,β-unsaturated/α-hetero) is 1. The fourth-order valence-corrected chi connectivity index (χ4v) is 1.14. The Morgan fingerprint density at radius 2 is 2.11 bits per heavy atom. The summed E-state index contributed by atoms with van der Waals surface area (Å²) in [5, 5.41) is 9.01. The van der Waals surface area contributed by atoms with Crippen LogP contribution >= 0.6 is 0 Å². The molecular weight excluding hydrogens is 116 g/mol. The second kappa shape index (κ2) is 2.97. The first-order chi connectivity index (χ1) is 4.30. The van der Waals surface area contributed by atoms with Crippen molar-refractivity contribution in [3.05, 3.63) is 0 Å². The van der Waals surface area contributed by atoms with Gasteiger partial charge < -0.3 is 5.11 Å². The second-order valence-corrected chi connectivity index (χ2v) is 2.58. The molecule has 0 aromatic carbocycles. The van der Waals surface area contributed by atoms with Gasteiger partial charge in [-0.2, -0.15) is 0 Å². The maximum absolute atomic E-state index is 10.8. The third kappa shape index (κ3) is 1.79. The molecule has 1 fully saturated rings. The van der Waals surface area contributed by atoms with Crippen LogP contribution in [0.25, 0.3) is 0 Å². The van der Waals surface area contributed by atoms with Crippen molar-refractivity contribution >= 4 is 5.78 Å². The molecule has 0 aliphatic heterocycles. The maximum atomic E-state index is 10.8. The van der Waals surface area contributed by atoms with Gasteiger partial charge in [-0.1, -0.05) is 12.8 Å². The summed E-state index contributed by atoms with van der Waals surface area (Å²) in [6, 6.07) is 0. The van der Waals surface area contributed by atoms with Crippen LogP contribution in [0.3, 0.4) is 0 Å². The van der Waals surface area contributed by atoms with Gasteiger partial charge in [0.05, 0.1) is 0 Å². The van der Waals surface area contributed by atoms with Crippen LogP contribution in [0.15, 0.2) is 0 Å². The fourth-order valence-electron chi connectivity index (χ4n) is 1.14. The lowest BCUT2D eigenvalue weighted by molar-refractivity contribution is -0.126. The minimum atomic E-state index is -0.646. The average molecular weight is 128 g/mol. The van der Waals surface area contributed by atoms with Gasteiger partial charge in [-0.3, -0.25) is 4.79 Å². The van der Waals surface area contributed by atoms with Gasteiger partial charge in [0.15, 0.2) is 5.78 Å². The molecule has 0 amide bonds. The molecule has 0 aromatic heterocycles. The van der Waals surface area contributed by atoms with Gasteiger partial charge in [0, 0.05) is 6.42 Å². The van der Waals surface area contributed by atoms with Crippen LogP contribution in [0.1, 0.15) is 32.1 Å². The molecule has 1 atom stereocenters. The van der Waals surface area contributed by atoms with E-state index in [0.717, 1.165) is 19.3 Å². The topological polar surface area (TPSA) is 37.3 Å². The molecular formula is C7H12O2. The summed E-state index contributed by atoms with van der Waals surface area (Å²) in [5.74, 6) is 0.0347. The molecule has 0 bridgehead atoms. The Balaban J connectivity index is 2.41. The second-order valence-electron chi connectivity index (χ2n) is 2.58. The van der Waals surface area contributed by atoms with Gasteiger partial charge in [-0.15, -0.1) is 0 Å². The van der Waals surface area contributed by atoms with E-state index in [4.69, 9.17) is 5.11 Å². The Bertz CT molecular complexity index is 109. The zero-order chi connectivity index (χ0) is 6.69. The number of hydrogen-bond donors (Lipinski definition) is 1. The van der Waals surface area contributed by atoms with Gasteiger partial charge in [-0.05, 0) is 12.8 Å². The van der Waals surface area contributed by atoms with Crippen LogP contribution in [-0.2, 0) is 4.79 Å². The Labute approximate surface area is 54.9 Å². The van der Waals surface area contributed by atoms with Gasteiger partial charge >= 0.3 is 0 Å². The summed E-state index contributed by atoms with van der Waals surface area (Å²) in [4.78, 5) is 10.8. The van der Waals surface area contributed by atoms with Crippen LogP contribution in [0.5, 0.6) is 0 Å². The minimum absolute atomic E-state index is 0.0347. The Morgan fingerprint density at radius 1 is 1.33 bits per heavy atom. The molecule has 0 heterocycles. The van der Waals surface area contributed by atoms with Crippen molar-refractivity contribution in [2.24, 2.45) is 0 Å². The molecule has 52 valence electrons. The predicted octanol–water partition coefficient (Wildman–Crippen LogP) is 0.880. The number of aliphatic hydroxyl groups excluding tert-OH is 1. The van der Waals surface area contributed by atoms with Crippen LogP contribution in [0.2, 0.25) is 0 Å². The molecule has 2 nitrogen and oxygen atoms in total. The van der Waals surface area contributed by atoms with E-state index >= 15 is 0 Å². The first kappa shape index (κ1) is 6.75. The lowest BCUT2D eigenvalue weighted by Gasteiger charge is -2.01. The quantitative estimate of drug-likeness (QED) is 0.492. The highest BCUT2D eigenvalue weighted by atomic mass is 16.3. The summed E-state index contributed by atoms with van der Waals surface area (Å²) in [6.07, 6.45) is 3.69. The summed E-state index contributed by atoms with van der Waals surface area (Å²) in [7, 11) is 0. The number of hydrogen-bond acceptors (Lipinski definition) is 2. The molecule has 0 unspecified atom stereocenters. The Morgan fingerprint density at radius 3 is 2.89 bits per heavy atom. The van der Waals surface area contributed by atoms with E-state index in [-0.39, 0.29) is 5.78 Å². The number of rotatable bonds is 0. The molecule has 1 aliphatic rings. The molecule has 1 N–H and O–H groups in total. The molecule has 0 aromatic rings. The van der Waals surface area contributed by atoms with Crippen molar-refractivity contribution in [1.29, 1.82) is 0 Å². The molecule has 0 saturated heterocycles. The lowest BCUT2D eigenvalue weighted by atomic mass is 10.1. The van der Waals surface area contributed by atoms with Crippen LogP contribution in [0.4, 0.5) is 0 Å². The summed E-state index contributed by atoms with van der Waals surface area (Å²) in [6.45, 7) is 0. The first-order valence-corrected chi connectivity index (χ1v) is 3.51. The van der Waals surface area contributed by atoms with Crippen molar-refractivity contribution in [3.8, 4) is 0 Å². The first-order valence-electron chi connectivity index (χ1n) is 3.51. The molecule has 1 aliphatic carbocycles. The fraction of sp³-hybridized carbons (Fsp3) is 0.857. The van der Waals surface area contributed by atoms with Crippen LogP contribution in [0, 0.1) is 0 Å². The Hall–Kier alpha value is -0.370. The standard InChI is InChI=1S/C7H12O2/c8-6-4-2-1-3-5-7(6)9/h6,8H,1-5H2/t6-/m0/s1. The maximum Gasteiger partial charge on any atom is 0.161 e. The summed E-state index contributed by atoms with van der Waals surface area (Å²) in [5.41, 5.74) is 0. The number of carbonyl (C=O) groups excluding carboxylic acids is 1. The highest BCUT2D eigenvalue weighted by molar-refractivity contribution is 5.82. The number of carbonyl (C=O) groups is 1. The molecule has 1 rings (SSSR count). The molecule has 9 heavy (non-hydrogen) atoms. The van der Waals surface area contributed by atoms with Gasteiger partial charge in [-0.25, -0.2) is 0 Å². The van der Waals surface area contributed by atoms with Crippen molar-refractivity contribution in [2.45, 2.75) is 38.2 Å². The van der Waals surface area contributed by atoms with Crippen LogP contribution < -0.4 is 0 Å². The minimum Gasteiger partial charge on any atom is -0.385 e. The molecule has 2 heteroatoms. The summed E-state index contributed by atoms with van der Waals surface area (Å²) >= 11 is 0. The zero-order valence-corrected chi connectivity index (χ0v) is 5.47. The molecule has 1 saturated carbocycles. The molecule has 0 radical (unpaired) electrons. The lowest BCUT2D eigenvalue weighted by Crippen LogP contribution is -2.17. The molecule has 0 spiro atoms. The van der Waals surface area contributed by atoms with Crippen molar-refractivity contribution in [3.63, 3.8) is 0 Å². The van der Waals surface area contributed by atoms with Crippen molar-refractivity contribution < 1.29 is 9.90 Å². The van der Waals surface area contributed by atoms with Crippen LogP contribution in [-0.4, -0.2) is 17.0 Å². The highest BCUT2D eigenvalue weighted by Crippen LogP contribution is 2.13. The van der Waals surface area contributed by atoms with E-state index in [9.17, 15) is 4.79 Å². The van der Waals surface area contributed by atoms with Crippen molar-refractivity contribution in [1.82, 2.24) is 0 Å². The third-order valence-corrected chi connectivity index (χ3v) is 1.77. The Kier molecular flexibility index (Phi) is 2.22. The SMILES string of the molecule is O=C1CCCCC[C@@H]1O. The van der Waals surface area contributed by atoms with E-state index in [2.05, 4.69) is 0 Å².